The molecule has 0 radical (unpaired) electrons. The van der Waals surface area contributed by atoms with Gasteiger partial charge in [0.25, 0.3) is 5.91 Å². The van der Waals surface area contributed by atoms with E-state index in [0.717, 1.165) is 10.0 Å². The molecule has 0 fully saturated rings. The number of amides is 1. The van der Waals surface area contributed by atoms with Crippen molar-refractivity contribution in [1.29, 1.82) is 0 Å². The van der Waals surface area contributed by atoms with Crippen LogP contribution in [0.25, 0.3) is 0 Å². The number of benzene rings is 1. The maximum atomic E-state index is 11.4. The van der Waals surface area contributed by atoms with Crippen LogP contribution in [0.1, 0.15) is 12.5 Å². The fraction of sp³-hybridized carbons (Fsp3) is 0.333. The third-order valence-electron chi connectivity index (χ3n) is 2.16. The SMILES string of the molecule is CN=Cc1cc(Br)ccc1O[C@H](C)C(=O)NC. The second kappa shape index (κ2) is 6.39. The molecule has 0 aromatic heterocycles. The van der Waals surface area contributed by atoms with Gasteiger partial charge in [0.05, 0.1) is 0 Å². The van der Waals surface area contributed by atoms with Crippen molar-refractivity contribution in [3.8, 4) is 5.75 Å². The second-order valence-corrected chi connectivity index (χ2v) is 4.36. The number of hydrogen-bond donors (Lipinski definition) is 1. The first-order valence-electron chi connectivity index (χ1n) is 5.18. The van der Waals surface area contributed by atoms with Crippen molar-refractivity contribution in [2.75, 3.05) is 14.1 Å². The number of rotatable bonds is 4. The first kappa shape index (κ1) is 13.7. The zero-order chi connectivity index (χ0) is 12.8. The Morgan fingerprint density at radius 2 is 2.29 bits per heavy atom. The Bertz CT molecular complexity index is 433. The van der Waals surface area contributed by atoms with E-state index >= 15 is 0 Å². The van der Waals surface area contributed by atoms with E-state index in [4.69, 9.17) is 4.74 Å². The molecule has 1 amide bonds. The molecule has 0 saturated carbocycles. The van der Waals surface area contributed by atoms with Gasteiger partial charge < -0.3 is 10.1 Å². The lowest BCUT2D eigenvalue weighted by Crippen LogP contribution is -2.33. The van der Waals surface area contributed by atoms with Gasteiger partial charge in [-0.2, -0.15) is 0 Å². The van der Waals surface area contributed by atoms with E-state index in [1.54, 1.807) is 33.3 Å². The van der Waals surface area contributed by atoms with E-state index in [0.29, 0.717) is 5.75 Å². The monoisotopic (exact) mass is 298 g/mol. The second-order valence-electron chi connectivity index (χ2n) is 3.44. The van der Waals surface area contributed by atoms with Crippen molar-refractivity contribution >= 4 is 28.1 Å². The summed E-state index contributed by atoms with van der Waals surface area (Å²) in [6.45, 7) is 1.70. The molecule has 0 saturated heterocycles. The molecular formula is C12H15BrN2O2. The molecule has 0 bridgehead atoms. The lowest BCUT2D eigenvalue weighted by molar-refractivity contribution is -0.126. The number of nitrogens with zero attached hydrogens (tertiary/aromatic N) is 1. The van der Waals surface area contributed by atoms with Gasteiger partial charge in [-0.05, 0) is 25.1 Å². The van der Waals surface area contributed by atoms with Gasteiger partial charge >= 0.3 is 0 Å². The van der Waals surface area contributed by atoms with Gasteiger partial charge in [-0.1, -0.05) is 15.9 Å². The maximum absolute atomic E-state index is 11.4. The van der Waals surface area contributed by atoms with E-state index in [-0.39, 0.29) is 5.91 Å². The molecule has 1 N–H and O–H groups in total. The zero-order valence-corrected chi connectivity index (χ0v) is 11.6. The topological polar surface area (TPSA) is 50.7 Å². The van der Waals surface area contributed by atoms with Crippen molar-refractivity contribution in [1.82, 2.24) is 5.32 Å². The number of ether oxygens (including phenoxy) is 1. The Hall–Kier alpha value is -1.36. The first-order chi connectivity index (χ1) is 8.08. The number of nitrogens with one attached hydrogen (secondary N) is 1. The summed E-state index contributed by atoms with van der Waals surface area (Å²) in [6.07, 6.45) is 1.15. The highest BCUT2D eigenvalue weighted by Gasteiger charge is 2.14. The maximum Gasteiger partial charge on any atom is 0.260 e. The van der Waals surface area contributed by atoms with Crippen LogP contribution in [-0.2, 0) is 4.79 Å². The molecule has 1 atom stereocenters. The summed E-state index contributed by atoms with van der Waals surface area (Å²) in [4.78, 5) is 15.3. The summed E-state index contributed by atoms with van der Waals surface area (Å²) < 4.78 is 6.52. The van der Waals surface area contributed by atoms with Crippen molar-refractivity contribution in [3.05, 3.63) is 28.2 Å². The third-order valence-corrected chi connectivity index (χ3v) is 2.65. The number of aliphatic imine (C=N–C) groups is 1. The summed E-state index contributed by atoms with van der Waals surface area (Å²) in [5.41, 5.74) is 0.831. The smallest absolute Gasteiger partial charge is 0.260 e. The van der Waals surface area contributed by atoms with Gasteiger partial charge in [0.2, 0.25) is 0 Å². The van der Waals surface area contributed by atoms with Gasteiger partial charge in [-0.25, -0.2) is 0 Å². The van der Waals surface area contributed by atoms with Gasteiger partial charge in [0.15, 0.2) is 6.10 Å². The fourth-order valence-corrected chi connectivity index (χ4v) is 1.69. The van der Waals surface area contributed by atoms with Gasteiger partial charge in [0.1, 0.15) is 5.75 Å². The van der Waals surface area contributed by atoms with Crippen LogP contribution in [0.3, 0.4) is 0 Å². The highest BCUT2D eigenvalue weighted by atomic mass is 79.9. The van der Waals surface area contributed by atoms with Gasteiger partial charge in [-0.15, -0.1) is 0 Å². The van der Waals surface area contributed by atoms with Crippen LogP contribution < -0.4 is 10.1 Å². The number of carbonyl (C=O) groups excluding carboxylic acids is 1. The van der Waals surface area contributed by atoms with E-state index in [1.807, 2.05) is 12.1 Å². The third kappa shape index (κ3) is 3.85. The Kier molecular flexibility index (Phi) is 5.15. The predicted molar refractivity (Wildman–Crippen MR) is 71.8 cm³/mol. The van der Waals surface area contributed by atoms with Crippen molar-refractivity contribution in [2.45, 2.75) is 13.0 Å². The van der Waals surface area contributed by atoms with Crippen LogP contribution >= 0.6 is 15.9 Å². The fourth-order valence-electron chi connectivity index (χ4n) is 1.31. The molecule has 0 aliphatic heterocycles. The van der Waals surface area contributed by atoms with E-state index in [1.165, 1.54) is 0 Å². The minimum Gasteiger partial charge on any atom is -0.480 e. The number of halogens is 1. The van der Waals surface area contributed by atoms with Crippen LogP contribution in [0.4, 0.5) is 0 Å². The average Bonchev–Trinajstić information content (AvgIpc) is 2.31. The normalized spacial score (nSPS) is 12.5. The van der Waals surface area contributed by atoms with Crippen LogP contribution in [0, 0.1) is 0 Å². The van der Waals surface area contributed by atoms with E-state index < -0.39 is 6.10 Å². The standard InChI is InChI=1S/C12H15BrN2O2/c1-8(12(16)15-3)17-11-5-4-10(13)6-9(11)7-14-2/h4-8H,1-3H3,(H,15,16)/t8-/m1/s1. The van der Waals surface area contributed by atoms with Crippen LogP contribution in [-0.4, -0.2) is 32.3 Å². The lowest BCUT2D eigenvalue weighted by Gasteiger charge is -2.15. The largest absolute Gasteiger partial charge is 0.480 e. The van der Waals surface area contributed by atoms with Crippen LogP contribution in [0.5, 0.6) is 5.75 Å². The van der Waals surface area contributed by atoms with Crippen molar-refractivity contribution in [2.24, 2.45) is 4.99 Å². The molecule has 1 aromatic carbocycles. The summed E-state index contributed by atoms with van der Waals surface area (Å²) in [5, 5.41) is 2.54. The summed E-state index contributed by atoms with van der Waals surface area (Å²) in [5.74, 6) is 0.474. The number of likely N-dealkylation sites (N-methyl/N-ethyl adjacent to an activating group) is 1. The quantitative estimate of drug-likeness (QED) is 0.865. The first-order valence-corrected chi connectivity index (χ1v) is 5.97. The predicted octanol–water partition coefficient (Wildman–Crippen LogP) is 2.01. The molecule has 0 aliphatic carbocycles. The number of carbonyl (C=O) groups is 1. The molecule has 4 nitrogen and oxygen atoms in total. The number of hydrogen-bond acceptors (Lipinski definition) is 3. The molecule has 0 unspecified atom stereocenters. The highest BCUT2D eigenvalue weighted by Crippen LogP contribution is 2.22. The Balaban J connectivity index is 2.93. The minimum absolute atomic E-state index is 0.160. The summed E-state index contributed by atoms with van der Waals surface area (Å²) in [6, 6.07) is 5.55. The molecule has 92 valence electrons. The van der Waals surface area contributed by atoms with Crippen molar-refractivity contribution < 1.29 is 9.53 Å². The molecular weight excluding hydrogens is 284 g/mol. The molecule has 0 heterocycles. The Morgan fingerprint density at radius 1 is 1.59 bits per heavy atom. The van der Waals surface area contributed by atoms with Crippen LogP contribution in [0.2, 0.25) is 0 Å². The Morgan fingerprint density at radius 3 is 2.88 bits per heavy atom. The van der Waals surface area contributed by atoms with E-state index in [9.17, 15) is 4.79 Å². The van der Waals surface area contributed by atoms with Gasteiger partial charge in [-0.3, -0.25) is 9.79 Å². The van der Waals surface area contributed by atoms with Gasteiger partial charge in [0, 0.05) is 30.3 Å². The highest BCUT2D eigenvalue weighted by molar-refractivity contribution is 9.10. The molecule has 5 heteroatoms. The molecule has 0 aliphatic rings. The average molecular weight is 299 g/mol. The lowest BCUT2D eigenvalue weighted by atomic mass is 10.2. The van der Waals surface area contributed by atoms with Crippen LogP contribution in [0.15, 0.2) is 27.7 Å². The zero-order valence-electron chi connectivity index (χ0n) is 10.0. The summed E-state index contributed by atoms with van der Waals surface area (Å²) >= 11 is 3.38. The Labute approximate surface area is 109 Å². The van der Waals surface area contributed by atoms with Crippen molar-refractivity contribution in [3.63, 3.8) is 0 Å². The molecule has 1 rings (SSSR count). The van der Waals surface area contributed by atoms with E-state index in [2.05, 4.69) is 26.2 Å². The summed E-state index contributed by atoms with van der Waals surface area (Å²) in [7, 11) is 3.27. The molecule has 17 heavy (non-hydrogen) atoms. The molecule has 0 spiro atoms. The minimum atomic E-state index is -0.537. The molecule has 1 aromatic rings.